The van der Waals surface area contributed by atoms with Crippen LogP contribution in [-0.4, -0.2) is 38.5 Å². The summed E-state index contributed by atoms with van der Waals surface area (Å²) in [7, 11) is -2.30. The summed E-state index contributed by atoms with van der Waals surface area (Å²) in [6.45, 7) is 11.0. The molecule has 1 aliphatic rings. The van der Waals surface area contributed by atoms with Crippen molar-refractivity contribution in [2.45, 2.75) is 52.0 Å². The molecule has 1 N–H and O–H groups in total. The van der Waals surface area contributed by atoms with E-state index in [1.807, 2.05) is 20.8 Å². The summed E-state index contributed by atoms with van der Waals surface area (Å²) < 4.78 is 33.9. The van der Waals surface area contributed by atoms with Gasteiger partial charge in [0.2, 0.25) is 0 Å². The van der Waals surface area contributed by atoms with Crippen molar-refractivity contribution in [2.24, 2.45) is 5.92 Å². The standard InChI is InChI=1S/C20H29N3O3S2/c1-13-6-8-23(9-7-13)12-18-16(4)21-20(27-18)22-28(24,25)19-11-15(3)14(2)10-17(19)26-5/h10-11,13H,6-9,12H2,1-5H3,(H,21,22). The highest BCUT2D eigenvalue weighted by Gasteiger charge is 2.24. The number of nitrogens with one attached hydrogen (secondary N) is 1. The molecule has 0 bridgehead atoms. The average molecular weight is 424 g/mol. The van der Waals surface area contributed by atoms with Crippen LogP contribution in [-0.2, 0) is 16.6 Å². The summed E-state index contributed by atoms with van der Waals surface area (Å²) >= 11 is 1.41. The number of anilines is 1. The normalized spacial score (nSPS) is 16.3. The van der Waals surface area contributed by atoms with Crippen molar-refractivity contribution in [1.82, 2.24) is 9.88 Å². The molecular weight excluding hydrogens is 394 g/mol. The molecule has 0 unspecified atom stereocenters. The third-order valence-electron chi connectivity index (χ3n) is 5.43. The number of ether oxygens (including phenoxy) is 1. The molecule has 0 radical (unpaired) electrons. The minimum absolute atomic E-state index is 0.137. The average Bonchev–Trinajstić information content (AvgIpc) is 2.97. The van der Waals surface area contributed by atoms with Crippen LogP contribution >= 0.6 is 11.3 Å². The number of thiazole rings is 1. The lowest BCUT2D eigenvalue weighted by atomic mass is 9.99. The van der Waals surface area contributed by atoms with E-state index >= 15 is 0 Å². The molecule has 1 aromatic heterocycles. The second-order valence-corrected chi connectivity index (χ2v) is 10.4. The van der Waals surface area contributed by atoms with Gasteiger partial charge in [0, 0.05) is 11.4 Å². The highest BCUT2D eigenvalue weighted by Crippen LogP contribution is 2.31. The van der Waals surface area contributed by atoms with Gasteiger partial charge in [-0.15, -0.1) is 0 Å². The Labute approximate surface area is 172 Å². The van der Waals surface area contributed by atoms with Crippen LogP contribution in [0.3, 0.4) is 0 Å². The molecule has 1 aliphatic heterocycles. The number of methoxy groups -OCH3 is 1. The van der Waals surface area contributed by atoms with Gasteiger partial charge in [-0.25, -0.2) is 13.4 Å². The Morgan fingerprint density at radius 3 is 2.50 bits per heavy atom. The Morgan fingerprint density at radius 1 is 1.21 bits per heavy atom. The third-order valence-corrected chi connectivity index (χ3v) is 7.97. The van der Waals surface area contributed by atoms with Crippen molar-refractivity contribution in [3.63, 3.8) is 0 Å². The minimum Gasteiger partial charge on any atom is -0.495 e. The lowest BCUT2D eigenvalue weighted by Crippen LogP contribution is -2.32. The van der Waals surface area contributed by atoms with Crippen molar-refractivity contribution in [2.75, 3.05) is 24.9 Å². The van der Waals surface area contributed by atoms with E-state index in [2.05, 4.69) is 21.5 Å². The molecule has 0 saturated carbocycles. The van der Waals surface area contributed by atoms with Gasteiger partial charge in [-0.1, -0.05) is 18.3 Å². The molecule has 2 heterocycles. The van der Waals surface area contributed by atoms with Crippen LogP contribution in [0.15, 0.2) is 17.0 Å². The molecule has 1 saturated heterocycles. The van der Waals surface area contributed by atoms with E-state index in [4.69, 9.17) is 4.74 Å². The zero-order chi connectivity index (χ0) is 20.5. The van der Waals surface area contributed by atoms with Gasteiger partial charge in [0.25, 0.3) is 10.0 Å². The molecule has 0 aliphatic carbocycles. The van der Waals surface area contributed by atoms with Crippen LogP contribution in [0, 0.1) is 26.7 Å². The van der Waals surface area contributed by atoms with Crippen LogP contribution in [0.1, 0.15) is 41.5 Å². The molecule has 1 aromatic carbocycles. The molecule has 28 heavy (non-hydrogen) atoms. The number of hydrogen-bond acceptors (Lipinski definition) is 6. The molecule has 8 heteroatoms. The number of rotatable bonds is 6. The molecule has 2 aromatic rings. The first-order chi connectivity index (χ1) is 13.2. The van der Waals surface area contributed by atoms with Crippen LogP contribution in [0.5, 0.6) is 5.75 Å². The zero-order valence-corrected chi connectivity index (χ0v) is 18.8. The Balaban J connectivity index is 1.79. The Bertz CT molecular complexity index is 946. The Kier molecular flexibility index (Phi) is 6.31. The summed E-state index contributed by atoms with van der Waals surface area (Å²) in [5, 5.41) is 0.401. The van der Waals surface area contributed by atoms with Crippen molar-refractivity contribution >= 4 is 26.5 Å². The van der Waals surface area contributed by atoms with Crippen molar-refractivity contribution in [3.8, 4) is 5.75 Å². The smallest absolute Gasteiger partial charge is 0.267 e. The Hall–Kier alpha value is -1.64. The predicted octanol–water partition coefficient (Wildman–Crippen LogP) is 4.11. The molecule has 154 valence electrons. The summed E-state index contributed by atoms with van der Waals surface area (Å²) in [5.74, 6) is 1.13. The lowest BCUT2D eigenvalue weighted by Gasteiger charge is -2.29. The van der Waals surface area contributed by atoms with Crippen LogP contribution < -0.4 is 9.46 Å². The number of hydrogen-bond donors (Lipinski definition) is 1. The van der Waals surface area contributed by atoms with Gasteiger partial charge in [-0.2, -0.15) is 0 Å². The monoisotopic (exact) mass is 423 g/mol. The predicted molar refractivity (Wildman–Crippen MR) is 114 cm³/mol. The first-order valence-corrected chi connectivity index (χ1v) is 11.9. The van der Waals surface area contributed by atoms with Gasteiger partial charge < -0.3 is 4.74 Å². The van der Waals surface area contributed by atoms with Crippen LogP contribution in [0.2, 0.25) is 0 Å². The second-order valence-electron chi connectivity index (χ2n) is 7.68. The van der Waals surface area contributed by atoms with E-state index in [1.165, 1.54) is 31.3 Å². The van der Waals surface area contributed by atoms with Crippen molar-refractivity contribution < 1.29 is 13.2 Å². The maximum atomic E-state index is 13.0. The van der Waals surface area contributed by atoms with Gasteiger partial charge >= 0.3 is 0 Å². The van der Waals surface area contributed by atoms with Crippen LogP contribution in [0.25, 0.3) is 0 Å². The number of sulfonamides is 1. The first kappa shape index (κ1) is 21.1. The van der Waals surface area contributed by atoms with E-state index in [9.17, 15) is 8.42 Å². The van der Waals surface area contributed by atoms with E-state index in [0.717, 1.165) is 47.3 Å². The number of benzene rings is 1. The maximum absolute atomic E-state index is 13.0. The first-order valence-electron chi connectivity index (χ1n) is 9.56. The quantitative estimate of drug-likeness (QED) is 0.757. The molecular formula is C20H29N3O3S2. The highest BCUT2D eigenvalue weighted by atomic mass is 32.2. The van der Waals surface area contributed by atoms with Crippen LogP contribution in [0.4, 0.5) is 5.13 Å². The topological polar surface area (TPSA) is 71.5 Å². The number of aryl methyl sites for hydroxylation is 3. The van der Waals surface area contributed by atoms with E-state index in [0.29, 0.717) is 10.9 Å². The molecule has 0 amide bonds. The van der Waals surface area contributed by atoms with Gasteiger partial charge in [-0.05, 0) is 75.9 Å². The maximum Gasteiger partial charge on any atom is 0.267 e. The van der Waals surface area contributed by atoms with Gasteiger partial charge in [-0.3, -0.25) is 9.62 Å². The SMILES string of the molecule is COc1cc(C)c(C)cc1S(=O)(=O)Nc1nc(C)c(CN2CCC(C)CC2)s1. The molecule has 1 fully saturated rings. The van der Waals surface area contributed by atoms with Gasteiger partial charge in [0.15, 0.2) is 5.13 Å². The van der Waals surface area contributed by atoms with Crippen molar-refractivity contribution in [1.29, 1.82) is 0 Å². The lowest BCUT2D eigenvalue weighted by molar-refractivity contribution is 0.186. The van der Waals surface area contributed by atoms with Gasteiger partial charge in [0.1, 0.15) is 10.6 Å². The summed E-state index contributed by atoms with van der Waals surface area (Å²) in [6.07, 6.45) is 2.42. The van der Waals surface area contributed by atoms with E-state index < -0.39 is 10.0 Å². The third kappa shape index (κ3) is 4.67. The fourth-order valence-corrected chi connectivity index (χ4v) is 5.82. The largest absolute Gasteiger partial charge is 0.495 e. The fraction of sp³-hybridized carbons (Fsp3) is 0.550. The summed E-state index contributed by atoms with van der Waals surface area (Å²) in [4.78, 5) is 8.13. The number of likely N-dealkylation sites (tertiary alicyclic amines) is 1. The van der Waals surface area contributed by atoms with E-state index in [-0.39, 0.29) is 4.90 Å². The Morgan fingerprint density at radius 2 is 1.86 bits per heavy atom. The highest BCUT2D eigenvalue weighted by molar-refractivity contribution is 7.93. The summed E-state index contributed by atoms with van der Waals surface area (Å²) in [6, 6.07) is 3.40. The number of aromatic nitrogens is 1. The zero-order valence-electron chi connectivity index (χ0n) is 17.2. The molecule has 6 nitrogen and oxygen atoms in total. The minimum atomic E-state index is -3.78. The molecule has 0 spiro atoms. The number of piperidine rings is 1. The summed E-state index contributed by atoms with van der Waals surface area (Å²) in [5.41, 5.74) is 2.77. The number of nitrogens with zero attached hydrogens (tertiary/aromatic N) is 2. The fourth-order valence-electron chi connectivity index (χ4n) is 3.34. The molecule has 0 atom stereocenters. The molecule has 3 rings (SSSR count). The van der Waals surface area contributed by atoms with E-state index in [1.54, 1.807) is 12.1 Å². The van der Waals surface area contributed by atoms with Crippen molar-refractivity contribution in [3.05, 3.63) is 33.8 Å². The second kappa shape index (κ2) is 8.39. The van der Waals surface area contributed by atoms with Gasteiger partial charge in [0.05, 0.1) is 12.8 Å².